The standard InChI is InChI=1S/C24H32Cl2N8O/c1-3-17-14-33(23-20(26)30-19(21(27)31-23)24(35)29-2)12-13-34(17)18-8-10-32(11-9-18)22(28)15-4-6-16(25)7-5-15/h4-7,17-18,28H,3,8-14H2,1-2H3,(H2,27,31)(H,29,35). The summed E-state index contributed by atoms with van der Waals surface area (Å²) >= 11 is 12.4. The van der Waals surface area contributed by atoms with Crippen LogP contribution >= 0.6 is 23.2 Å². The van der Waals surface area contributed by atoms with Crippen molar-refractivity contribution in [1.29, 1.82) is 5.41 Å². The van der Waals surface area contributed by atoms with Crippen molar-refractivity contribution in [2.24, 2.45) is 0 Å². The highest BCUT2D eigenvalue weighted by Gasteiger charge is 2.35. The molecule has 0 aliphatic carbocycles. The lowest BCUT2D eigenvalue weighted by molar-refractivity contribution is 0.0784. The number of benzene rings is 1. The lowest BCUT2D eigenvalue weighted by atomic mass is 9.97. The molecule has 2 fully saturated rings. The van der Waals surface area contributed by atoms with Gasteiger partial charge in [0.15, 0.2) is 22.5 Å². The molecule has 2 aromatic rings. The van der Waals surface area contributed by atoms with E-state index in [2.05, 4.69) is 36.9 Å². The van der Waals surface area contributed by atoms with Gasteiger partial charge >= 0.3 is 0 Å². The van der Waals surface area contributed by atoms with Gasteiger partial charge in [-0.25, -0.2) is 9.97 Å². The molecule has 0 spiro atoms. The van der Waals surface area contributed by atoms with Gasteiger partial charge in [-0.3, -0.25) is 15.1 Å². The number of rotatable bonds is 5. The minimum Gasteiger partial charge on any atom is -0.382 e. The summed E-state index contributed by atoms with van der Waals surface area (Å²) in [7, 11) is 1.52. The summed E-state index contributed by atoms with van der Waals surface area (Å²) in [6.45, 7) is 6.32. The average Bonchev–Trinajstić information content (AvgIpc) is 2.89. The molecule has 0 saturated carbocycles. The molecule has 1 atom stereocenters. The summed E-state index contributed by atoms with van der Waals surface area (Å²) in [5.41, 5.74) is 6.95. The zero-order chi connectivity index (χ0) is 25.1. The monoisotopic (exact) mass is 518 g/mol. The number of piperidine rings is 1. The summed E-state index contributed by atoms with van der Waals surface area (Å²) in [4.78, 5) is 27.5. The van der Waals surface area contributed by atoms with Crippen LogP contribution in [-0.4, -0.2) is 83.4 Å². The summed E-state index contributed by atoms with van der Waals surface area (Å²) in [6.07, 6.45) is 3.02. The highest BCUT2D eigenvalue weighted by atomic mass is 35.5. The fourth-order valence-corrected chi connectivity index (χ4v) is 5.40. The first-order chi connectivity index (χ1) is 16.8. The first-order valence-electron chi connectivity index (χ1n) is 12.0. The third-order valence-corrected chi connectivity index (χ3v) is 7.48. The zero-order valence-corrected chi connectivity index (χ0v) is 21.6. The lowest BCUT2D eigenvalue weighted by Gasteiger charge is -2.48. The molecule has 2 saturated heterocycles. The van der Waals surface area contributed by atoms with Crippen LogP contribution in [0, 0.1) is 5.41 Å². The topological polar surface area (TPSA) is 114 Å². The molecule has 4 rings (SSSR count). The van der Waals surface area contributed by atoms with Gasteiger partial charge in [-0.2, -0.15) is 0 Å². The largest absolute Gasteiger partial charge is 0.382 e. The van der Waals surface area contributed by atoms with Crippen LogP contribution in [0.5, 0.6) is 0 Å². The van der Waals surface area contributed by atoms with Crippen LogP contribution in [0.1, 0.15) is 42.2 Å². The number of aromatic nitrogens is 2. The second-order valence-corrected chi connectivity index (χ2v) is 9.77. The molecular weight excluding hydrogens is 487 g/mol. The Kier molecular flexibility index (Phi) is 7.98. The van der Waals surface area contributed by atoms with Gasteiger partial charge in [0.05, 0.1) is 0 Å². The molecule has 1 amide bonds. The molecule has 11 heteroatoms. The van der Waals surface area contributed by atoms with Crippen molar-refractivity contribution in [3.8, 4) is 0 Å². The number of hydrogen-bond donors (Lipinski definition) is 3. The Hall–Kier alpha value is -2.62. The second kappa shape index (κ2) is 11.0. The minimum atomic E-state index is -0.407. The third kappa shape index (κ3) is 5.47. The second-order valence-electron chi connectivity index (χ2n) is 8.97. The fourth-order valence-electron chi connectivity index (χ4n) is 5.02. The van der Waals surface area contributed by atoms with Crippen LogP contribution < -0.4 is 16.0 Å². The number of hydrogen-bond acceptors (Lipinski definition) is 7. The number of nitrogens with two attached hydrogens (primary N) is 1. The predicted molar refractivity (Wildman–Crippen MR) is 141 cm³/mol. The Balaban J connectivity index is 1.39. The first kappa shape index (κ1) is 25.5. The summed E-state index contributed by atoms with van der Waals surface area (Å²) in [6, 6.07) is 8.29. The minimum absolute atomic E-state index is 0.0443. The van der Waals surface area contributed by atoms with Crippen LogP contribution in [0.2, 0.25) is 10.2 Å². The number of nitrogen functional groups attached to an aromatic ring is 1. The first-order valence-corrected chi connectivity index (χ1v) is 12.7. The van der Waals surface area contributed by atoms with Crippen LogP contribution in [0.25, 0.3) is 0 Å². The zero-order valence-electron chi connectivity index (χ0n) is 20.1. The van der Waals surface area contributed by atoms with Gasteiger partial charge < -0.3 is 20.9 Å². The molecule has 2 aliphatic rings. The van der Waals surface area contributed by atoms with E-state index in [0.717, 1.165) is 57.5 Å². The van der Waals surface area contributed by atoms with Gasteiger partial charge in [0.2, 0.25) is 0 Å². The molecule has 0 radical (unpaired) electrons. The normalized spacial score (nSPS) is 19.6. The summed E-state index contributed by atoms with van der Waals surface area (Å²) in [5.74, 6) is 0.758. The van der Waals surface area contributed by atoms with E-state index in [-0.39, 0.29) is 16.7 Å². The number of likely N-dealkylation sites (tertiary alicyclic amines) is 1. The molecule has 1 aromatic heterocycles. The van der Waals surface area contributed by atoms with Gasteiger partial charge in [0, 0.05) is 62.4 Å². The van der Waals surface area contributed by atoms with E-state index in [1.54, 1.807) is 0 Å². The van der Waals surface area contributed by atoms with Crippen LogP contribution in [0.4, 0.5) is 11.6 Å². The molecule has 1 unspecified atom stereocenters. The molecule has 2 aliphatic heterocycles. The van der Waals surface area contributed by atoms with Gasteiger partial charge in [-0.15, -0.1) is 0 Å². The lowest BCUT2D eigenvalue weighted by Crippen LogP contribution is -2.58. The van der Waals surface area contributed by atoms with Gasteiger partial charge in [-0.05, 0) is 43.5 Å². The van der Waals surface area contributed by atoms with Crippen molar-refractivity contribution >= 4 is 46.6 Å². The van der Waals surface area contributed by atoms with Crippen molar-refractivity contribution in [3.05, 3.63) is 45.7 Å². The highest BCUT2D eigenvalue weighted by molar-refractivity contribution is 6.32. The Morgan fingerprint density at radius 3 is 2.46 bits per heavy atom. The van der Waals surface area contributed by atoms with E-state index < -0.39 is 5.91 Å². The van der Waals surface area contributed by atoms with Gasteiger partial charge in [0.25, 0.3) is 5.91 Å². The van der Waals surface area contributed by atoms with Crippen LogP contribution in [0.15, 0.2) is 24.3 Å². The molecule has 3 heterocycles. The number of amidine groups is 1. The van der Waals surface area contributed by atoms with E-state index in [0.29, 0.717) is 28.8 Å². The van der Waals surface area contributed by atoms with Crippen molar-refractivity contribution in [3.63, 3.8) is 0 Å². The Morgan fingerprint density at radius 2 is 1.83 bits per heavy atom. The SMILES string of the molecule is CCC1CN(c2nc(N)c(C(=O)NC)nc2Cl)CCN1C1CCN(C(=N)c2ccc(Cl)cc2)CC1. The average molecular weight is 519 g/mol. The smallest absolute Gasteiger partial charge is 0.273 e. The maximum absolute atomic E-state index is 12.0. The van der Waals surface area contributed by atoms with Gasteiger partial charge in [-0.1, -0.05) is 30.1 Å². The molecular formula is C24H32Cl2N8O. The van der Waals surface area contributed by atoms with Crippen molar-refractivity contribution in [2.45, 2.75) is 38.3 Å². The number of anilines is 2. The number of halogens is 2. The Morgan fingerprint density at radius 1 is 1.14 bits per heavy atom. The summed E-state index contributed by atoms with van der Waals surface area (Å²) < 4.78 is 0. The number of amides is 1. The van der Waals surface area contributed by atoms with Crippen molar-refractivity contribution in [2.75, 3.05) is 50.4 Å². The number of nitrogens with zero attached hydrogens (tertiary/aromatic N) is 5. The number of piperazine rings is 1. The van der Waals surface area contributed by atoms with E-state index in [1.807, 2.05) is 24.3 Å². The summed E-state index contributed by atoms with van der Waals surface area (Å²) in [5, 5.41) is 12.0. The van der Waals surface area contributed by atoms with Gasteiger partial charge in [0.1, 0.15) is 5.84 Å². The van der Waals surface area contributed by atoms with Crippen molar-refractivity contribution < 1.29 is 4.79 Å². The third-order valence-electron chi connectivity index (χ3n) is 6.97. The Bertz CT molecular complexity index is 1070. The number of nitrogens with one attached hydrogen (secondary N) is 2. The predicted octanol–water partition coefficient (Wildman–Crippen LogP) is 3.12. The molecule has 1 aromatic carbocycles. The van der Waals surface area contributed by atoms with Crippen molar-refractivity contribution in [1.82, 2.24) is 25.1 Å². The molecule has 188 valence electrons. The van der Waals surface area contributed by atoms with E-state index in [4.69, 9.17) is 34.3 Å². The molecule has 0 bridgehead atoms. The molecule has 4 N–H and O–H groups in total. The highest BCUT2D eigenvalue weighted by Crippen LogP contribution is 2.30. The quantitative estimate of drug-likeness (QED) is 0.411. The van der Waals surface area contributed by atoms with E-state index in [1.165, 1.54) is 7.05 Å². The maximum Gasteiger partial charge on any atom is 0.273 e. The maximum atomic E-state index is 12.0. The fraction of sp³-hybridized carbons (Fsp3) is 0.500. The number of carbonyl (C=O) groups is 1. The number of carbonyl (C=O) groups excluding carboxylic acids is 1. The van der Waals surface area contributed by atoms with Crippen LogP contribution in [0.3, 0.4) is 0 Å². The van der Waals surface area contributed by atoms with E-state index >= 15 is 0 Å². The van der Waals surface area contributed by atoms with Crippen LogP contribution in [-0.2, 0) is 0 Å². The molecule has 9 nitrogen and oxygen atoms in total. The molecule has 35 heavy (non-hydrogen) atoms. The Labute approximate surface area is 216 Å². The van der Waals surface area contributed by atoms with E-state index in [9.17, 15) is 4.79 Å².